The molecule has 0 saturated heterocycles. The van der Waals surface area contributed by atoms with E-state index < -0.39 is 0 Å². The first-order chi connectivity index (χ1) is 6.65. The van der Waals surface area contributed by atoms with Crippen molar-refractivity contribution in [3.05, 3.63) is 27.9 Å². The third kappa shape index (κ3) is 2.67. The molecule has 78 valence electrons. The summed E-state index contributed by atoms with van der Waals surface area (Å²) in [6, 6.07) is 1.53. The molecule has 0 unspecified atom stereocenters. The second kappa shape index (κ2) is 4.91. The molecule has 1 aromatic rings. The van der Waals surface area contributed by atoms with E-state index in [1.165, 1.54) is 6.07 Å². The number of rotatable bonds is 4. The van der Waals surface area contributed by atoms with E-state index in [1.807, 2.05) is 13.8 Å². The number of unbranched alkanes of at least 4 members (excludes halogenated alkanes) is 1. The number of aryl methyl sites for hydroxylation is 2. The first-order valence-electron chi connectivity index (χ1n) is 4.81. The van der Waals surface area contributed by atoms with Crippen molar-refractivity contribution < 1.29 is 5.11 Å². The highest BCUT2D eigenvalue weighted by molar-refractivity contribution is 5.01. The molecule has 0 aliphatic rings. The Morgan fingerprint density at radius 2 is 2.14 bits per heavy atom. The van der Waals surface area contributed by atoms with Crippen molar-refractivity contribution >= 4 is 0 Å². The molecule has 14 heavy (non-hydrogen) atoms. The van der Waals surface area contributed by atoms with Gasteiger partial charge in [-0.1, -0.05) is 0 Å². The first-order valence-corrected chi connectivity index (χ1v) is 4.81. The molecule has 0 saturated carbocycles. The van der Waals surface area contributed by atoms with Gasteiger partial charge < -0.3 is 5.11 Å². The second-order valence-corrected chi connectivity index (χ2v) is 3.37. The normalized spacial score (nSPS) is 10.5. The molecule has 0 aliphatic carbocycles. The van der Waals surface area contributed by atoms with E-state index in [2.05, 4.69) is 4.98 Å². The van der Waals surface area contributed by atoms with Gasteiger partial charge >= 0.3 is 0 Å². The predicted molar refractivity (Wildman–Crippen MR) is 54.3 cm³/mol. The first kappa shape index (κ1) is 10.9. The lowest BCUT2D eigenvalue weighted by molar-refractivity contribution is 0.280. The van der Waals surface area contributed by atoms with Gasteiger partial charge in [-0.3, -0.25) is 9.36 Å². The number of aromatic nitrogens is 2. The van der Waals surface area contributed by atoms with Crippen LogP contribution >= 0.6 is 0 Å². The van der Waals surface area contributed by atoms with Crippen molar-refractivity contribution in [1.29, 1.82) is 0 Å². The van der Waals surface area contributed by atoms with Crippen molar-refractivity contribution in [1.82, 2.24) is 9.55 Å². The summed E-state index contributed by atoms with van der Waals surface area (Å²) in [5.74, 6) is 0.743. The molecule has 1 rings (SSSR count). The van der Waals surface area contributed by atoms with E-state index >= 15 is 0 Å². The van der Waals surface area contributed by atoms with Crippen LogP contribution < -0.4 is 5.56 Å². The molecule has 1 heterocycles. The van der Waals surface area contributed by atoms with E-state index in [0.29, 0.717) is 6.54 Å². The fraction of sp³-hybridized carbons (Fsp3) is 0.600. The van der Waals surface area contributed by atoms with Crippen molar-refractivity contribution in [3.63, 3.8) is 0 Å². The molecular weight excluding hydrogens is 180 g/mol. The smallest absolute Gasteiger partial charge is 0.253 e. The van der Waals surface area contributed by atoms with Gasteiger partial charge in [0.25, 0.3) is 5.56 Å². The Balaban J connectivity index is 2.81. The van der Waals surface area contributed by atoms with Gasteiger partial charge in [-0.2, -0.15) is 0 Å². The van der Waals surface area contributed by atoms with Gasteiger partial charge in [0.1, 0.15) is 5.82 Å². The average molecular weight is 196 g/mol. The molecule has 0 radical (unpaired) electrons. The van der Waals surface area contributed by atoms with Crippen LogP contribution in [-0.4, -0.2) is 21.3 Å². The highest BCUT2D eigenvalue weighted by Crippen LogP contribution is 1.97. The third-order valence-corrected chi connectivity index (χ3v) is 2.12. The third-order valence-electron chi connectivity index (χ3n) is 2.12. The fourth-order valence-electron chi connectivity index (χ4n) is 1.42. The molecule has 1 aromatic heterocycles. The number of hydrogen-bond acceptors (Lipinski definition) is 3. The Kier molecular flexibility index (Phi) is 3.83. The topological polar surface area (TPSA) is 55.1 Å². The van der Waals surface area contributed by atoms with Crippen molar-refractivity contribution in [2.75, 3.05) is 6.61 Å². The maximum atomic E-state index is 11.5. The van der Waals surface area contributed by atoms with Gasteiger partial charge in [0.2, 0.25) is 0 Å². The van der Waals surface area contributed by atoms with Crippen molar-refractivity contribution in [2.45, 2.75) is 33.2 Å². The predicted octanol–water partition coefficient (Wildman–Crippen LogP) is 0.633. The van der Waals surface area contributed by atoms with E-state index in [1.54, 1.807) is 4.57 Å². The molecule has 4 heteroatoms. The summed E-state index contributed by atoms with van der Waals surface area (Å²) < 4.78 is 1.64. The summed E-state index contributed by atoms with van der Waals surface area (Å²) in [6.45, 7) is 4.45. The van der Waals surface area contributed by atoms with Crippen LogP contribution in [0.25, 0.3) is 0 Å². The van der Waals surface area contributed by atoms with Gasteiger partial charge in [-0.05, 0) is 26.7 Å². The lowest BCUT2D eigenvalue weighted by atomic mass is 10.3. The highest BCUT2D eigenvalue weighted by atomic mass is 16.2. The summed E-state index contributed by atoms with van der Waals surface area (Å²) in [4.78, 5) is 15.7. The van der Waals surface area contributed by atoms with E-state index in [4.69, 9.17) is 5.11 Å². The minimum absolute atomic E-state index is 0.00654. The molecule has 0 spiro atoms. The molecule has 0 amide bonds. The zero-order chi connectivity index (χ0) is 10.6. The lowest BCUT2D eigenvalue weighted by Gasteiger charge is -2.08. The van der Waals surface area contributed by atoms with Gasteiger partial charge in [0.15, 0.2) is 0 Å². The van der Waals surface area contributed by atoms with Crippen LogP contribution in [0, 0.1) is 13.8 Å². The van der Waals surface area contributed by atoms with Crippen molar-refractivity contribution in [2.24, 2.45) is 0 Å². The van der Waals surface area contributed by atoms with Crippen LogP contribution in [0.3, 0.4) is 0 Å². The minimum Gasteiger partial charge on any atom is -0.396 e. The van der Waals surface area contributed by atoms with Gasteiger partial charge in [-0.25, -0.2) is 4.98 Å². The summed E-state index contributed by atoms with van der Waals surface area (Å²) >= 11 is 0. The Morgan fingerprint density at radius 3 is 2.71 bits per heavy atom. The largest absolute Gasteiger partial charge is 0.396 e. The zero-order valence-electron chi connectivity index (χ0n) is 8.66. The van der Waals surface area contributed by atoms with Crippen LogP contribution in [0.1, 0.15) is 24.4 Å². The molecule has 0 aromatic carbocycles. The maximum absolute atomic E-state index is 11.5. The monoisotopic (exact) mass is 196 g/mol. The standard InChI is InChI=1S/C10H16N2O2/c1-8-7-10(14)12(9(2)11-8)5-3-4-6-13/h7,13H,3-6H2,1-2H3. The minimum atomic E-state index is -0.00654. The molecule has 0 fully saturated rings. The van der Waals surface area contributed by atoms with Gasteiger partial charge in [-0.15, -0.1) is 0 Å². The maximum Gasteiger partial charge on any atom is 0.253 e. The zero-order valence-corrected chi connectivity index (χ0v) is 8.66. The quantitative estimate of drug-likeness (QED) is 0.719. The molecule has 0 aliphatic heterocycles. The average Bonchev–Trinajstić information content (AvgIpc) is 2.09. The van der Waals surface area contributed by atoms with Crippen LogP contribution in [0.2, 0.25) is 0 Å². The molecule has 1 N–H and O–H groups in total. The molecule has 4 nitrogen and oxygen atoms in total. The van der Waals surface area contributed by atoms with E-state index in [0.717, 1.165) is 24.4 Å². The lowest BCUT2D eigenvalue weighted by Crippen LogP contribution is -2.23. The number of aliphatic hydroxyl groups is 1. The number of nitrogens with zero attached hydrogens (tertiary/aromatic N) is 2. The van der Waals surface area contributed by atoms with Gasteiger partial charge in [0, 0.05) is 24.9 Å². The molecule has 0 bridgehead atoms. The SMILES string of the molecule is Cc1cc(=O)n(CCCCO)c(C)n1. The summed E-state index contributed by atoms with van der Waals surface area (Å²) in [6.07, 6.45) is 1.53. The Labute approximate surface area is 83.2 Å². The van der Waals surface area contributed by atoms with Gasteiger partial charge in [0.05, 0.1) is 0 Å². The van der Waals surface area contributed by atoms with Crippen molar-refractivity contribution in [3.8, 4) is 0 Å². The second-order valence-electron chi connectivity index (χ2n) is 3.37. The molecule has 0 atom stereocenters. The number of aliphatic hydroxyl groups excluding tert-OH is 1. The Morgan fingerprint density at radius 1 is 1.43 bits per heavy atom. The van der Waals surface area contributed by atoms with E-state index in [-0.39, 0.29) is 12.2 Å². The summed E-state index contributed by atoms with van der Waals surface area (Å²) in [7, 11) is 0. The Hall–Kier alpha value is -1.16. The van der Waals surface area contributed by atoms with E-state index in [9.17, 15) is 4.79 Å². The molecular formula is C10H16N2O2. The summed E-state index contributed by atoms with van der Waals surface area (Å²) in [5, 5.41) is 8.62. The van der Waals surface area contributed by atoms with Crippen LogP contribution in [0.5, 0.6) is 0 Å². The summed E-state index contributed by atoms with van der Waals surface area (Å²) in [5.41, 5.74) is 0.749. The Bertz CT molecular complexity index is 358. The van der Waals surface area contributed by atoms with Crippen LogP contribution in [-0.2, 0) is 6.54 Å². The van der Waals surface area contributed by atoms with Crippen LogP contribution in [0.4, 0.5) is 0 Å². The fourth-order valence-corrected chi connectivity index (χ4v) is 1.42. The van der Waals surface area contributed by atoms with Crippen LogP contribution in [0.15, 0.2) is 10.9 Å². The highest BCUT2D eigenvalue weighted by Gasteiger charge is 2.01. The number of hydrogen-bond donors (Lipinski definition) is 1.